The fourth-order valence-electron chi connectivity index (χ4n) is 3.50. The van der Waals surface area contributed by atoms with Crippen LogP contribution in [0.5, 0.6) is 0 Å². The normalized spacial score (nSPS) is 21.1. The number of aromatic amines is 1. The van der Waals surface area contributed by atoms with Crippen LogP contribution in [-0.4, -0.2) is 40.9 Å². The number of rotatable bonds is 3. The number of fused-ring (bicyclic) bond motifs is 1. The number of hydrogen-bond donors (Lipinski definition) is 2. The predicted octanol–water partition coefficient (Wildman–Crippen LogP) is 3.02. The van der Waals surface area contributed by atoms with E-state index in [0.717, 1.165) is 18.4 Å². The van der Waals surface area contributed by atoms with Crippen molar-refractivity contribution in [3.63, 3.8) is 0 Å². The SMILES string of the molecule is CSc1ccc([C@H]2SCC(=O)Nc3c2c(=O)[nH]n3C2CCOCC2)cc1. The molecule has 1 atom stereocenters. The van der Waals surface area contributed by atoms with Gasteiger partial charge in [-0.2, -0.15) is 0 Å². The summed E-state index contributed by atoms with van der Waals surface area (Å²) in [7, 11) is 0. The van der Waals surface area contributed by atoms with E-state index >= 15 is 0 Å². The van der Waals surface area contributed by atoms with Gasteiger partial charge in [0.2, 0.25) is 5.91 Å². The highest BCUT2D eigenvalue weighted by atomic mass is 32.2. The first-order valence-corrected chi connectivity index (χ1v) is 10.9. The number of benzene rings is 1. The van der Waals surface area contributed by atoms with Crippen LogP contribution in [0.3, 0.4) is 0 Å². The van der Waals surface area contributed by atoms with Crippen molar-refractivity contribution in [3.05, 3.63) is 45.7 Å². The average molecular weight is 392 g/mol. The molecular weight excluding hydrogens is 370 g/mol. The topological polar surface area (TPSA) is 76.1 Å². The summed E-state index contributed by atoms with van der Waals surface area (Å²) in [5.74, 6) is 0.881. The molecule has 0 aliphatic carbocycles. The van der Waals surface area contributed by atoms with E-state index in [1.807, 2.05) is 23.1 Å². The maximum absolute atomic E-state index is 12.8. The summed E-state index contributed by atoms with van der Waals surface area (Å²) < 4.78 is 7.29. The molecule has 4 rings (SSSR count). The van der Waals surface area contributed by atoms with Gasteiger partial charge in [-0.3, -0.25) is 19.4 Å². The Morgan fingerprint density at radius 1 is 1.19 bits per heavy atom. The molecule has 138 valence electrons. The maximum Gasteiger partial charge on any atom is 0.270 e. The average Bonchev–Trinajstić information content (AvgIpc) is 2.88. The fraction of sp³-hybridized carbons (Fsp3) is 0.444. The van der Waals surface area contributed by atoms with E-state index in [1.54, 1.807) is 11.8 Å². The highest BCUT2D eigenvalue weighted by Gasteiger charge is 2.32. The molecule has 0 spiro atoms. The largest absolute Gasteiger partial charge is 0.381 e. The number of hydrogen-bond acceptors (Lipinski definition) is 5. The fourth-order valence-corrected chi connectivity index (χ4v) is 5.04. The predicted molar refractivity (Wildman–Crippen MR) is 105 cm³/mol. The maximum atomic E-state index is 12.8. The lowest BCUT2D eigenvalue weighted by atomic mass is 10.1. The van der Waals surface area contributed by atoms with Gasteiger partial charge in [-0.15, -0.1) is 23.5 Å². The molecule has 26 heavy (non-hydrogen) atoms. The second-order valence-corrected chi connectivity index (χ2v) is 8.40. The number of carbonyl (C=O) groups is 1. The van der Waals surface area contributed by atoms with Crippen LogP contribution in [-0.2, 0) is 9.53 Å². The van der Waals surface area contributed by atoms with E-state index in [-0.39, 0.29) is 22.8 Å². The van der Waals surface area contributed by atoms with Gasteiger partial charge in [0.05, 0.1) is 22.6 Å². The van der Waals surface area contributed by atoms with Crippen LogP contribution in [0.1, 0.15) is 35.3 Å². The van der Waals surface area contributed by atoms with Gasteiger partial charge in [0.15, 0.2) is 0 Å². The Kier molecular flexibility index (Phi) is 5.15. The van der Waals surface area contributed by atoms with Crippen LogP contribution in [0.25, 0.3) is 0 Å². The van der Waals surface area contributed by atoms with Gasteiger partial charge in [-0.25, -0.2) is 0 Å². The number of nitrogens with one attached hydrogen (secondary N) is 2. The molecule has 1 aromatic carbocycles. The number of nitrogens with zero attached hydrogens (tertiary/aromatic N) is 1. The number of anilines is 1. The standard InChI is InChI=1S/C18H21N3O3S2/c1-25-13-4-2-11(3-5-13)16-15-17(19-14(22)10-26-16)21(20-18(15)23)12-6-8-24-9-7-12/h2-5,12,16H,6-10H2,1H3,(H,19,22)(H,20,23)/t16-/m1/s1. The molecule has 6 nitrogen and oxygen atoms in total. The first-order valence-electron chi connectivity index (χ1n) is 8.65. The van der Waals surface area contributed by atoms with E-state index < -0.39 is 0 Å². The molecule has 1 fully saturated rings. The molecule has 0 radical (unpaired) electrons. The van der Waals surface area contributed by atoms with Crippen LogP contribution in [0.4, 0.5) is 5.82 Å². The summed E-state index contributed by atoms with van der Waals surface area (Å²) in [6.45, 7) is 1.34. The Morgan fingerprint density at radius 3 is 2.62 bits per heavy atom. The van der Waals surface area contributed by atoms with E-state index in [4.69, 9.17) is 4.74 Å². The van der Waals surface area contributed by atoms with Crippen LogP contribution in [0.15, 0.2) is 34.0 Å². The van der Waals surface area contributed by atoms with Gasteiger partial charge in [0, 0.05) is 18.1 Å². The Bertz CT molecular complexity index is 854. The molecule has 0 bridgehead atoms. The number of ether oxygens (including phenoxy) is 1. The zero-order valence-electron chi connectivity index (χ0n) is 14.5. The lowest BCUT2D eigenvalue weighted by molar-refractivity contribution is -0.113. The van der Waals surface area contributed by atoms with Crippen molar-refractivity contribution in [1.29, 1.82) is 0 Å². The molecule has 8 heteroatoms. The van der Waals surface area contributed by atoms with E-state index in [9.17, 15) is 9.59 Å². The van der Waals surface area contributed by atoms with Gasteiger partial charge in [0.25, 0.3) is 5.56 Å². The monoisotopic (exact) mass is 391 g/mol. The van der Waals surface area contributed by atoms with Gasteiger partial charge < -0.3 is 10.1 Å². The smallest absolute Gasteiger partial charge is 0.270 e. The van der Waals surface area contributed by atoms with Crippen LogP contribution >= 0.6 is 23.5 Å². The number of thioether (sulfide) groups is 2. The minimum atomic E-state index is -0.162. The molecular formula is C18H21N3O3S2. The zero-order chi connectivity index (χ0) is 18.1. The third kappa shape index (κ3) is 3.33. The van der Waals surface area contributed by atoms with E-state index in [0.29, 0.717) is 30.3 Å². The van der Waals surface area contributed by atoms with Gasteiger partial charge >= 0.3 is 0 Å². The van der Waals surface area contributed by atoms with Crippen molar-refractivity contribution in [2.24, 2.45) is 0 Å². The summed E-state index contributed by atoms with van der Waals surface area (Å²) in [6.07, 6.45) is 3.69. The molecule has 0 saturated carbocycles. The second kappa shape index (κ2) is 7.54. The Balaban J connectivity index is 1.78. The first kappa shape index (κ1) is 17.8. The molecule has 2 aliphatic rings. The summed E-state index contributed by atoms with van der Waals surface area (Å²) >= 11 is 3.18. The van der Waals surface area contributed by atoms with E-state index in [1.165, 1.54) is 16.7 Å². The third-order valence-electron chi connectivity index (χ3n) is 4.84. The highest BCUT2D eigenvalue weighted by molar-refractivity contribution is 8.00. The van der Waals surface area contributed by atoms with Crippen LogP contribution in [0, 0.1) is 0 Å². The van der Waals surface area contributed by atoms with E-state index in [2.05, 4.69) is 22.5 Å². The minimum absolute atomic E-state index is 0.0701. The summed E-state index contributed by atoms with van der Waals surface area (Å²) in [4.78, 5) is 26.3. The molecule has 1 amide bonds. The minimum Gasteiger partial charge on any atom is -0.381 e. The first-order chi connectivity index (χ1) is 12.7. The van der Waals surface area contributed by atoms with Crippen LogP contribution in [0.2, 0.25) is 0 Å². The number of carbonyl (C=O) groups excluding carboxylic acids is 1. The lowest BCUT2D eigenvalue weighted by Gasteiger charge is -2.25. The molecule has 1 aromatic heterocycles. The molecule has 1 saturated heterocycles. The molecule has 0 unspecified atom stereocenters. The number of H-pyrrole nitrogens is 1. The zero-order valence-corrected chi connectivity index (χ0v) is 16.1. The van der Waals surface area contributed by atoms with Crippen molar-refractivity contribution < 1.29 is 9.53 Å². The lowest BCUT2D eigenvalue weighted by Crippen LogP contribution is -2.24. The van der Waals surface area contributed by atoms with Gasteiger partial charge in [-0.05, 0) is 36.8 Å². The molecule has 2 aromatic rings. The Hall–Kier alpha value is -1.64. The molecule has 2 aliphatic heterocycles. The third-order valence-corrected chi connectivity index (χ3v) is 6.85. The van der Waals surface area contributed by atoms with Gasteiger partial charge in [0.1, 0.15) is 5.82 Å². The summed E-state index contributed by atoms with van der Waals surface area (Å²) in [5.41, 5.74) is 1.56. The van der Waals surface area contributed by atoms with Gasteiger partial charge in [-0.1, -0.05) is 12.1 Å². The van der Waals surface area contributed by atoms with Crippen molar-refractivity contribution in [1.82, 2.24) is 9.78 Å². The summed E-state index contributed by atoms with van der Waals surface area (Å²) in [6, 6.07) is 8.36. The molecule has 3 heterocycles. The molecule has 2 N–H and O–H groups in total. The highest BCUT2D eigenvalue weighted by Crippen LogP contribution is 2.41. The Labute approximate surface area is 160 Å². The summed E-state index contributed by atoms with van der Waals surface area (Å²) in [5, 5.41) is 5.76. The number of amides is 1. The van der Waals surface area contributed by atoms with Crippen molar-refractivity contribution in [2.45, 2.75) is 29.0 Å². The quantitative estimate of drug-likeness (QED) is 0.787. The van der Waals surface area contributed by atoms with Crippen molar-refractivity contribution >= 4 is 35.2 Å². The Morgan fingerprint density at radius 2 is 1.92 bits per heavy atom. The van der Waals surface area contributed by atoms with Crippen molar-refractivity contribution in [3.8, 4) is 0 Å². The number of aromatic nitrogens is 2. The second-order valence-electron chi connectivity index (χ2n) is 6.43. The van der Waals surface area contributed by atoms with Crippen LogP contribution < -0.4 is 10.9 Å². The van der Waals surface area contributed by atoms with Crippen molar-refractivity contribution in [2.75, 3.05) is 30.5 Å².